The molecule has 1 aromatic carbocycles. The molecule has 8 nitrogen and oxygen atoms in total. The largest absolute Gasteiger partial charge is 0.442 e. The van der Waals surface area contributed by atoms with E-state index in [0.29, 0.717) is 38.6 Å². The van der Waals surface area contributed by atoms with Gasteiger partial charge in [0, 0.05) is 12.2 Å². The molecule has 0 saturated carbocycles. The Bertz CT molecular complexity index is 1050. The highest BCUT2D eigenvalue weighted by Gasteiger charge is 2.34. The van der Waals surface area contributed by atoms with Gasteiger partial charge in [-0.05, 0) is 43.2 Å². The van der Waals surface area contributed by atoms with E-state index < -0.39 is 18.1 Å². The fraction of sp³-hybridized carbons (Fsp3) is 0.381. The van der Waals surface area contributed by atoms with Crippen LogP contribution in [0.2, 0.25) is 9.36 Å². The molecule has 0 bridgehead atoms. The molecule has 2 fully saturated rings. The van der Waals surface area contributed by atoms with Gasteiger partial charge in [0.2, 0.25) is 5.91 Å². The molecule has 2 unspecified atom stereocenters. The van der Waals surface area contributed by atoms with Gasteiger partial charge in [0.1, 0.15) is 6.10 Å². The van der Waals surface area contributed by atoms with E-state index in [1.54, 1.807) is 35.2 Å². The Morgan fingerprint density at radius 3 is 2.72 bits per heavy atom. The molecular weight excluding hydrogens is 477 g/mol. The van der Waals surface area contributed by atoms with Crippen molar-refractivity contribution < 1.29 is 24.2 Å². The zero-order valence-electron chi connectivity index (χ0n) is 16.9. The van der Waals surface area contributed by atoms with Gasteiger partial charge in [0.05, 0.1) is 45.5 Å². The molecule has 2 N–H and O–H groups in total. The van der Waals surface area contributed by atoms with Crippen LogP contribution in [0.15, 0.2) is 30.3 Å². The second-order valence-corrected chi connectivity index (χ2v) is 9.70. The first-order valence-corrected chi connectivity index (χ1v) is 11.7. The average Bonchev–Trinajstić information content (AvgIpc) is 3.38. The van der Waals surface area contributed by atoms with Crippen molar-refractivity contribution in [2.24, 2.45) is 5.92 Å². The fourth-order valence-corrected chi connectivity index (χ4v) is 5.05. The molecule has 0 spiro atoms. The van der Waals surface area contributed by atoms with E-state index in [1.807, 2.05) is 0 Å². The minimum absolute atomic E-state index is 0.156. The molecule has 0 radical (unpaired) electrons. The minimum atomic E-state index is -0.540. The summed E-state index contributed by atoms with van der Waals surface area (Å²) in [6.07, 6.45) is 0.368. The summed E-state index contributed by atoms with van der Waals surface area (Å²) < 4.78 is 5.89. The number of carbonyl (C=O) groups excluding carboxylic acids is 3. The molecular formula is C21H21Cl2N3O5S. The number of cyclic esters (lactones) is 1. The molecule has 2 saturated heterocycles. The van der Waals surface area contributed by atoms with Gasteiger partial charge in [0.25, 0.3) is 5.91 Å². The number of ether oxygens (including phenoxy) is 1. The van der Waals surface area contributed by atoms with Crippen molar-refractivity contribution in [3.63, 3.8) is 0 Å². The number of piperidine rings is 1. The highest BCUT2D eigenvalue weighted by atomic mass is 35.5. The van der Waals surface area contributed by atoms with E-state index in [0.717, 1.165) is 6.42 Å². The summed E-state index contributed by atoms with van der Waals surface area (Å²) in [4.78, 5) is 40.6. The van der Waals surface area contributed by atoms with Gasteiger partial charge in [0.15, 0.2) is 0 Å². The summed E-state index contributed by atoms with van der Waals surface area (Å²) in [5.41, 5.74) is 1.08. The van der Waals surface area contributed by atoms with Gasteiger partial charge in [-0.25, -0.2) is 4.79 Å². The van der Waals surface area contributed by atoms with Crippen molar-refractivity contribution in [1.82, 2.24) is 5.32 Å². The van der Waals surface area contributed by atoms with E-state index in [9.17, 15) is 19.5 Å². The summed E-state index contributed by atoms with van der Waals surface area (Å²) in [6, 6.07) is 8.29. The Morgan fingerprint density at radius 2 is 2.03 bits per heavy atom. The van der Waals surface area contributed by atoms with E-state index in [1.165, 1.54) is 16.2 Å². The standard InChI is InChI=1S/C21H21Cl2N3O5S/c22-15-8-13(3-4-16(15)25-7-1-2-12(11-27)20(25)29)26-10-14(31-21(26)30)9-24-19(28)17-5-6-18(23)32-17/h3-6,8,12,14,27H,1-2,7,9-11H2,(H,24,28). The number of benzene rings is 1. The molecule has 170 valence electrons. The number of hydrogen-bond acceptors (Lipinski definition) is 6. The molecule has 0 aliphatic carbocycles. The summed E-state index contributed by atoms with van der Waals surface area (Å²) in [7, 11) is 0. The Morgan fingerprint density at radius 1 is 1.22 bits per heavy atom. The van der Waals surface area contributed by atoms with Crippen LogP contribution in [0.5, 0.6) is 0 Å². The van der Waals surface area contributed by atoms with Crippen molar-refractivity contribution in [3.8, 4) is 0 Å². The Kier molecular flexibility index (Phi) is 6.90. The lowest BCUT2D eigenvalue weighted by atomic mass is 9.97. The lowest BCUT2D eigenvalue weighted by Gasteiger charge is -2.32. The predicted molar refractivity (Wildman–Crippen MR) is 123 cm³/mol. The topological polar surface area (TPSA) is 99.2 Å². The maximum absolute atomic E-state index is 12.6. The van der Waals surface area contributed by atoms with Gasteiger partial charge in [-0.1, -0.05) is 23.2 Å². The van der Waals surface area contributed by atoms with E-state index in [2.05, 4.69) is 5.32 Å². The van der Waals surface area contributed by atoms with Gasteiger partial charge < -0.3 is 20.1 Å². The fourth-order valence-electron chi connectivity index (χ4n) is 3.81. The third-order valence-electron chi connectivity index (χ3n) is 5.47. The summed E-state index contributed by atoms with van der Waals surface area (Å²) in [5, 5.41) is 12.5. The molecule has 2 aliphatic rings. The molecule has 32 heavy (non-hydrogen) atoms. The molecule has 2 atom stereocenters. The highest BCUT2D eigenvalue weighted by Crippen LogP contribution is 2.34. The lowest BCUT2D eigenvalue weighted by molar-refractivity contribution is -0.125. The Hall–Kier alpha value is -2.33. The second kappa shape index (κ2) is 9.66. The molecule has 2 aliphatic heterocycles. The van der Waals surface area contributed by atoms with Crippen LogP contribution in [0.1, 0.15) is 22.5 Å². The van der Waals surface area contributed by atoms with Crippen LogP contribution in [0, 0.1) is 5.92 Å². The Balaban J connectivity index is 1.40. The van der Waals surface area contributed by atoms with Crippen LogP contribution in [-0.2, 0) is 9.53 Å². The third kappa shape index (κ3) is 4.71. The monoisotopic (exact) mass is 497 g/mol. The number of aliphatic hydroxyl groups excluding tert-OH is 1. The quantitative estimate of drug-likeness (QED) is 0.635. The maximum Gasteiger partial charge on any atom is 0.414 e. The lowest BCUT2D eigenvalue weighted by Crippen LogP contribution is -2.42. The first-order valence-electron chi connectivity index (χ1n) is 10.1. The number of hydrogen-bond donors (Lipinski definition) is 2. The van der Waals surface area contributed by atoms with Crippen molar-refractivity contribution >= 4 is 63.8 Å². The zero-order chi connectivity index (χ0) is 22.8. The Labute approximate surface area is 198 Å². The molecule has 2 aromatic rings. The summed E-state index contributed by atoms with van der Waals surface area (Å²) in [6.45, 7) is 0.738. The van der Waals surface area contributed by atoms with Crippen LogP contribution in [0.3, 0.4) is 0 Å². The zero-order valence-corrected chi connectivity index (χ0v) is 19.3. The van der Waals surface area contributed by atoms with Crippen LogP contribution in [0.4, 0.5) is 16.2 Å². The minimum Gasteiger partial charge on any atom is -0.442 e. The van der Waals surface area contributed by atoms with Gasteiger partial charge >= 0.3 is 6.09 Å². The number of nitrogens with zero attached hydrogens (tertiary/aromatic N) is 2. The first kappa shape index (κ1) is 22.8. The number of thiophene rings is 1. The number of nitrogens with one attached hydrogen (secondary N) is 1. The van der Waals surface area contributed by atoms with Crippen molar-refractivity contribution in [2.75, 3.05) is 36.0 Å². The molecule has 1 aromatic heterocycles. The SMILES string of the molecule is O=C(NCC1CN(c2ccc(N3CCCC(CO)C3=O)c(Cl)c2)C(=O)O1)c1ccc(Cl)s1. The van der Waals surface area contributed by atoms with Crippen LogP contribution >= 0.6 is 34.5 Å². The maximum atomic E-state index is 12.6. The van der Waals surface area contributed by atoms with E-state index in [4.69, 9.17) is 27.9 Å². The molecule has 3 heterocycles. The molecule has 4 rings (SSSR count). The molecule has 3 amide bonds. The number of amides is 3. The normalized spacial score (nSPS) is 21.1. The second-order valence-electron chi connectivity index (χ2n) is 7.58. The van der Waals surface area contributed by atoms with Crippen LogP contribution < -0.4 is 15.1 Å². The van der Waals surface area contributed by atoms with Gasteiger partial charge in [-0.3, -0.25) is 14.5 Å². The summed E-state index contributed by atoms with van der Waals surface area (Å²) >= 11 is 13.5. The number of aliphatic hydroxyl groups is 1. The number of rotatable bonds is 6. The molecule has 11 heteroatoms. The van der Waals surface area contributed by atoms with Gasteiger partial charge in [-0.15, -0.1) is 11.3 Å². The highest BCUT2D eigenvalue weighted by molar-refractivity contribution is 7.18. The average molecular weight is 498 g/mol. The summed E-state index contributed by atoms with van der Waals surface area (Å²) in [5.74, 6) is -0.859. The van der Waals surface area contributed by atoms with E-state index in [-0.39, 0.29) is 31.5 Å². The number of carbonyl (C=O) groups is 3. The van der Waals surface area contributed by atoms with E-state index >= 15 is 0 Å². The van der Waals surface area contributed by atoms with Crippen LogP contribution in [0.25, 0.3) is 0 Å². The van der Waals surface area contributed by atoms with Gasteiger partial charge in [-0.2, -0.15) is 0 Å². The number of halogens is 2. The van der Waals surface area contributed by atoms with Crippen molar-refractivity contribution in [2.45, 2.75) is 18.9 Å². The predicted octanol–water partition coefficient (Wildman–Crippen LogP) is 3.55. The third-order valence-corrected chi connectivity index (χ3v) is 7.00. The van der Waals surface area contributed by atoms with Crippen molar-refractivity contribution in [3.05, 3.63) is 44.6 Å². The van der Waals surface area contributed by atoms with Crippen LogP contribution in [-0.4, -0.2) is 55.4 Å². The first-order chi connectivity index (χ1) is 15.4. The van der Waals surface area contributed by atoms with Crippen molar-refractivity contribution in [1.29, 1.82) is 0 Å². The smallest absolute Gasteiger partial charge is 0.414 e. The number of anilines is 2.